The van der Waals surface area contributed by atoms with Crippen LogP contribution in [0, 0.1) is 40.1 Å². The lowest BCUT2D eigenvalue weighted by Gasteiger charge is -2.47. The average Bonchev–Trinajstić information content (AvgIpc) is 0.708. The number of carbonyl (C=O) groups is 8. The first-order valence-electron chi connectivity index (χ1n) is 43.4. The number of hydrogen-bond donors (Lipinski definition) is 16. The number of benzene rings is 3. The Balaban J connectivity index is 0.944. The number of aliphatic hydroxyl groups excluding tert-OH is 5. The van der Waals surface area contributed by atoms with E-state index in [9.17, 15) is 69.0 Å². The number of urea groups is 1. The monoisotopic (exact) mass is 2020 g/mol. The molecular formula is C90H125IN10O28S3. The molecule has 9 rings (SSSR count). The number of fused-ring (bicyclic) bond motifs is 2. The number of likely N-dealkylation sites (N-methyl/N-ethyl adjacent to an activating group) is 1. The Labute approximate surface area is 793 Å². The van der Waals surface area contributed by atoms with Crippen molar-refractivity contribution in [2.75, 3.05) is 72.9 Å². The summed E-state index contributed by atoms with van der Waals surface area (Å²) < 4.78 is 79.8. The van der Waals surface area contributed by atoms with Crippen molar-refractivity contribution < 1.29 is 135 Å². The Hall–Kier alpha value is -8.27. The molecule has 0 spiro atoms. The Morgan fingerprint density at radius 2 is 1.48 bits per heavy atom. The Bertz CT molecular complexity index is 4730. The lowest BCUT2D eigenvalue weighted by Crippen LogP contribution is -2.65. The van der Waals surface area contributed by atoms with Crippen molar-refractivity contribution in [3.8, 4) is 40.9 Å². The number of aliphatic hydroxyl groups is 6. The molecule has 3 aromatic rings. The maximum absolute atomic E-state index is 14.6. The summed E-state index contributed by atoms with van der Waals surface area (Å²) in [6.45, 7) is 17.2. The van der Waals surface area contributed by atoms with E-state index in [1.807, 2.05) is 52.9 Å². The smallest absolute Gasteiger partial charge is 0.411 e. The highest BCUT2D eigenvalue weighted by molar-refractivity contribution is 14.1. The number of nitrogens with one attached hydrogen (secondary N) is 7. The van der Waals surface area contributed by atoms with Crippen LogP contribution in [0.25, 0.3) is 0 Å². The number of primary amides is 1. The van der Waals surface area contributed by atoms with E-state index in [-0.39, 0.29) is 120 Å². The number of hydrogen-bond acceptors (Lipinski definition) is 31. The number of thiol groups is 1. The van der Waals surface area contributed by atoms with Crippen LogP contribution in [0.15, 0.2) is 89.7 Å². The molecule has 2 aliphatic carbocycles. The van der Waals surface area contributed by atoms with E-state index < -0.39 is 198 Å². The van der Waals surface area contributed by atoms with Gasteiger partial charge in [-0.2, -0.15) is 16.8 Å². The normalized spacial score (nSPS) is 27.7. The summed E-state index contributed by atoms with van der Waals surface area (Å²) in [6, 6.07) is 10.1. The lowest BCUT2D eigenvalue weighted by atomic mass is 9.75. The van der Waals surface area contributed by atoms with Crippen molar-refractivity contribution in [3.63, 3.8) is 0 Å². The van der Waals surface area contributed by atoms with E-state index in [1.54, 1.807) is 89.6 Å². The van der Waals surface area contributed by atoms with Gasteiger partial charge in [-0.15, -0.1) is 0 Å². The van der Waals surface area contributed by atoms with Crippen molar-refractivity contribution in [1.29, 1.82) is 0 Å². The first-order valence-corrected chi connectivity index (χ1v) is 47.7. The highest BCUT2D eigenvalue weighted by Crippen LogP contribution is 2.49. The number of hydroxylamine groups is 1. The summed E-state index contributed by atoms with van der Waals surface area (Å²) in [5, 5.41) is 86.9. The van der Waals surface area contributed by atoms with Gasteiger partial charge in [0.2, 0.25) is 35.7 Å². The van der Waals surface area contributed by atoms with E-state index in [0.29, 0.717) is 39.8 Å². The van der Waals surface area contributed by atoms with E-state index in [0.717, 1.165) is 12.7 Å². The molecule has 17 N–H and O–H groups in total. The summed E-state index contributed by atoms with van der Waals surface area (Å²) in [7, 11) is 9.61. The predicted octanol–water partition coefficient (Wildman–Crippen LogP) is 5.18. The van der Waals surface area contributed by atoms with Crippen LogP contribution in [0.3, 0.4) is 0 Å². The zero-order valence-electron chi connectivity index (χ0n) is 76.4. The van der Waals surface area contributed by atoms with Crippen molar-refractivity contribution in [2.24, 2.45) is 17.4 Å². The van der Waals surface area contributed by atoms with Gasteiger partial charge in [0.05, 0.1) is 97.0 Å². The molecule has 42 heteroatoms. The Morgan fingerprint density at radius 1 is 0.788 bits per heavy atom. The van der Waals surface area contributed by atoms with Gasteiger partial charge in [0.25, 0.3) is 0 Å². The summed E-state index contributed by atoms with van der Waals surface area (Å²) >= 11 is 2.20. The largest absolute Gasteiger partial charge is 0.492 e. The first-order chi connectivity index (χ1) is 62.9. The third-order valence-corrected chi connectivity index (χ3v) is 28.9. The average molecular weight is 2020 g/mol. The number of allylic oxidation sites excluding steroid dienone is 3. The highest BCUT2D eigenvalue weighted by atomic mass is 127. The van der Waals surface area contributed by atoms with Gasteiger partial charge in [-0.3, -0.25) is 34.1 Å². The van der Waals surface area contributed by atoms with Gasteiger partial charge in [0, 0.05) is 74.4 Å². The highest BCUT2D eigenvalue weighted by Gasteiger charge is 2.53. The number of Topliss-reactive ketones (excluding diaryl/α,β-unsaturated/α-hetero) is 1. The number of ketones is 1. The van der Waals surface area contributed by atoms with Crippen molar-refractivity contribution in [2.45, 2.75) is 265 Å². The summed E-state index contributed by atoms with van der Waals surface area (Å²) in [5.74, 6) is 8.43. The van der Waals surface area contributed by atoms with E-state index in [1.165, 1.54) is 63.2 Å². The zero-order chi connectivity index (χ0) is 96.6. The lowest BCUT2D eigenvalue weighted by molar-refractivity contribution is -0.337. The third-order valence-electron chi connectivity index (χ3n) is 23.0. The number of halogens is 1. The molecule has 4 fully saturated rings. The maximum atomic E-state index is 14.6. The number of rotatable bonds is 41. The SMILES string of the molecule is CCN(C(=O)OCc1ccc(NC(=O)[C@H](CCCNC(N)=O)NC(=O)[C@@H](NC(=O)[C@H](CCCCN)NC(C)=O)C(C)C)cc1)[C@H]1CO[C@@H](O[C@H]2[C@H](O[C@H]3C#CC=CC#C[C@]4(O)CC(=O)C(NC(=O)OC)=C3/C4=C\CSSC(C)(C)c3ccccc3)O[C@H](C)[C@@H](NO[C@H]3C[C@H](O)[C@H]([SH]=C(O)c4c(C)c(I)c(O[C@@H]5O[C@@H](C)[C@H](O)[C@@H](OC)[C@H]5O)c(OC)c4OC)[C@@H](C)O3)[C@@H]2O)C[C@@H]1OC. The standard InChI is InChI=1S/C90H125IN10O28S3/c1-16-101(88(114)122-44-52-32-34-54(35-33-52)96-80(108)57(30-26-39-94-86(93)112)97-82(110)68(46(2)3)98-81(109)56(95-51(8)102)29-23-25-38-92)58-45-121-63(42-62(58)116-11)127-77-72(106)69(100-129-64-41-59(103)79(50(7)123-64)131-83(111)65-47(4)67(91)75(78(119-14)74(65)117-12)128-84-73(107)76(118-13)71(105)49(6)125-84)48(5)124-85(77)126-61-31-22-17-18-24-37-90(115)43-60(104)70(99-87(113)120-15)66(61)55(90)36-40-130-132-89(9,10)53-27-20-19-21-28-53/h17-21,27-28,32-36,46,48-50,56-59,61-64,68-69,71-73,76-77,79,84-85,100,103,105-107,111,115,131H,16,23,25-26,29-30,38-45,92H2,1-15H3,(H,95,102)(H,96,108)(H,97,110)(H,98,109)(H,99,113)(H3,93,94,112)/b18-17?,55-36+/t48-,49+,50-,56+,57+,58+,59+,61+,62+,63+,64+,68+,69-,71+,72+,73-,76-,77-,79-,84+,85+,90+/m1/s1. The second-order valence-electron chi connectivity index (χ2n) is 33.1. The molecule has 2 bridgehead atoms. The molecule has 6 aliphatic rings. The second-order valence-corrected chi connectivity index (χ2v) is 38.4. The van der Waals surface area contributed by atoms with Gasteiger partial charge < -0.3 is 135 Å². The van der Waals surface area contributed by atoms with E-state index in [2.05, 4.69) is 74.9 Å². The summed E-state index contributed by atoms with van der Waals surface area (Å²) in [6.07, 6.45) is -15.6. The van der Waals surface area contributed by atoms with Crippen LogP contribution in [-0.2, 0) is 87.5 Å². The van der Waals surface area contributed by atoms with Gasteiger partial charge in [-0.05, 0) is 157 Å². The molecule has 0 aromatic heterocycles. The number of carbonyl (C=O) groups excluding carboxylic acids is 8. The van der Waals surface area contributed by atoms with Crippen LogP contribution in [-0.4, -0.2) is 289 Å². The minimum absolute atomic E-state index is 0.0296. The number of anilines is 1. The number of ether oxygens (including phenoxy) is 13. The quantitative estimate of drug-likeness (QED) is 0.00662. The number of methoxy groups -OCH3 is 5. The minimum Gasteiger partial charge on any atom is -0.492 e. The maximum Gasteiger partial charge on any atom is 0.411 e. The summed E-state index contributed by atoms with van der Waals surface area (Å²) in [5.41, 5.74) is 13.8. The third kappa shape index (κ3) is 28.0. The molecule has 8 amide bonds. The van der Waals surface area contributed by atoms with Crippen LogP contribution in [0.5, 0.6) is 17.2 Å². The molecule has 38 nitrogen and oxygen atoms in total. The number of amides is 8. The molecule has 132 heavy (non-hydrogen) atoms. The number of unbranched alkanes of at least 4 members (excludes halogenated alkanes) is 1. The van der Waals surface area contributed by atoms with E-state index >= 15 is 0 Å². The van der Waals surface area contributed by atoms with Crippen LogP contribution < -0.4 is 63.1 Å². The second kappa shape index (κ2) is 50.5. The number of alkyl carbamates (subject to hydrolysis) is 1. The van der Waals surface area contributed by atoms with Gasteiger partial charge in [0.1, 0.15) is 66.4 Å². The van der Waals surface area contributed by atoms with Crippen LogP contribution in [0.2, 0.25) is 0 Å². The predicted molar refractivity (Wildman–Crippen MR) is 499 cm³/mol. The fraction of sp³-hybridized carbons (Fsp3) is 0.589. The van der Waals surface area contributed by atoms with Crippen molar-refractivity contribution >= 4 is 114 Å². The molecule has 728 valence electrons. The molecule has 0 saturated carbocycles. The molecule has 0 unspecified atom stereocenters. The fourth-order valence-electron chi connectivity index (χ4n) is 15.9. The number of nitrogens with zero attached hydrogens (tertiary/aromatic N) is 1. The molecule has 4 saturated heterocycles. The van der Waals surface area contributed by atoms with Crippen LogP contribution >= 0.6 is 55.5 Å². The Kier molecular flexibility index (Phi) is 41.1. The van der Waals surface area contributed by atoms with E-state index in [4.69, 9.17) is 77.9 Å². The Morgan fingerprint density at radius 3 is 2.12 bits per heavy atom. The summed E-state index contributed by atoms with van der Waals surface area (Å²) in [4.78, 5) is 115. The minimum atomic E-state index is -2.21. The number of nitrogens with two attached hydrogens (primary N) is 2. The van der Waals surface area contributed by atoms with Crippen molar-refractivity contribution in [3.05, 3.63) is 115 Å². The first kappa shape index (κ1) is 107. The van der Waals surface area contributed by atoms with Crippen LogP contribution in [0.4, 0.5) is 20.1 Å². The van der Waals surface area contributed by atoms with Gasteiger partial charge in [-0.25, -0.2) is 14.4 Å². The van der Waals surface area contributed by atoms with Crippen LogP contribution in [0.1, 0.15) is 136 Å². The molecule has 4 heterocycles. The topological polar surface area (TPSA) is 527 Å². The molecule has 0 radical (unpaired) electrons. The van der Waals surface area contributed by atoms with Gasteiger partial charge in [0.15, 0.2) is 41.8 Å². The van der Waals surface area contributed by atoms with Crippen molar-refractivity contribution in [1.82, 2.24) is 37.0 Å². The molecule has 3 aromatic carbocycles. The molecular weight excluding hydrogens is 1890 g/mol. The zero-order valence-corrected chi connectivity index (χ0v) is 81.1. The van der Waals surface area contributed by atoms with Gasteiger partial charge >= 0.3 is 18.2 Å². The van der Waals surface area contributed by atoms with Gasteiger partial charge in [-0.1, -0.05) is 108 Å². The molecule has 4 aliphatic heterocycles. The molecule has 22 atom stereocenters. The fourth-order valence-corrected chi connectivity index (χ4v) is 20.2.